The summed E-state index contributed by atoms with van der Waals surface area (Å²) in [7, 11) is 0. The number of likely N-dealkylation sites (tertiary alicyclic amines) is 2. The summed E-state index contributed by atoms with van der Waals surface area (Å²) in [6.45, 7) is 9.00. The molecule has 2 aliphatic heterocycles. The second kappa shape index (κ2) is 22.8. The number of nitrogens with one attached hydrogen (secondary N) is 4. The average Bonchev–Trinajstić information content (AvgIpc) is 4.23. The van der Waals surface area contributed by atoms with E-state index in [2.05, 4.69) is 31.2 Å². The Morgan fingerprint density at radius 3 is 2.46 bits per heavy atom. The zero-order chi connectivity index (χ0) is 51.9. The lowest BCUT2D eigenvalue weighted by Crippen LogP contribution is -2.58. The molecule has 3 aromatic carbocycles. The smallest absolute Gasteiger partial charge is 0.253 e. The third-order valence-electron chi connectivity index (χ3n) is 13.5. The minimum atomic E-state index is -0.992. The summed E-state index contributed by atoms with van der Waals surface area (Å²) < 4.78 is 13.5. The number of imidazole rings is 1. The molecule has 4 atom stereocenters. The number of aryl methyl sites for hydroxylation is 1. The largest absolute Gasteiger partial charge is 0.454 e. The predicted octanol–water partition coefficient (Wildman–Crippen LogP) is 5.77. The molecule has 19 heteroatoms. The van der Waals surface area contributed by atoms with E-state index in [1.165, 1.54) is 4.90 Å². The van der Waals surface area contributed by atoms with Crippen LogP contribution in [-0.4, -0.2) is 134 Å². The standard InChI is InChI=1S/C55H62N10O8S/c1-34-50(74-33-60-34)37-14-12-35(13-15-37)27-59-52(69)43-26-41(66)31-64(43)54(71)51(55(2,3)4)61-49(68)32-72-24-8-22-56-48(67)29-57-40-10-7-23-63(30-40)53(70)38-18-16-36(17-19-38)42-20-21-47-58-28-44(65(47)62-42)46-25-39-9-5-6-11-45(39)73-46/h5-6,9,11-21,25,28,33,40-41,43,51,57,66H,7-8,10,22-24,26-27,29-32H2,1-4H3,(H,56,67)(H,59,69)(H,61,68)/t40-,41+,43-,51+/m0/s1. The molecule has 0 spiro atoms. The van der Waals surface area contributed by atoms with Crippen LogP contribution in [0.2, 0.25) is 0 Å². The van der Waals surface area contributed by atoms with Gasteiger partial charge in [0.15, 0.2) is 11.4 Å². The van der Waals surface area contributed by atoms with Gasteiger partial charge in [0, 0.05) is 68.3 Å². The van der Waals surface area contributed by atoms with Crippen LogP contribution in [0.4, 0.5) is 0 Å². The molecule has 6 heterocycles. The number of amides is 5. The maximum Gasteiger partial charge on any atom is 0.253 e. The number of ether oxygens (including phenoxy) is 1. The number of carbonyl (C=O) groups is 5. The van der Waals surface area contributed by atoms with Crippen molar-refractivity contribution in [3.8, 4) is 33.2 Å². The van der Waals surface area contributed by atoms with Gasteiger partial charge in [-0.25, -0.2) is 14.5 Å². The molecule has 5 amide bonds. The number of furan rings is 1. The Balaban J connectivity index is 0.675. The van der Waals surface area contributed by atoms with Crippen LogP contribution in [0.3, 0.4) is 0 Å². The highest BCUT2D eigenvalue weighted by Gasteiger charge is 2.44. The Labute approximate surface area is 432 Å². The molecule has 2 saturated heterocycles. The number of aliphatic hydroxyl groups is 1. The van der Waals surface area contributed by atoms with Crippen molar-refractivity contribution in [3.63, 3.8) is 0 Å². The first-order valence-corrected chi connectivity index (χ1v) is 25.9. The van der Waals surface area contributed by atoms with E-state index in [1.807, 2.05) is 129 Å². The lowest BCUT2D eigenvalue weighted by molar-refractivity contribution is -0.144. The van der Waals surface area contributed by atoms with Gasteiger partial charge in [0.2, 0.25) is 23.6 Å². The van der Waals surface area contributed by atoms with Gasteiger partial charge in [-0.15, -0.1) is 11.3 Å². The topological polar surface area (TPSA) is 226 Å². The number of aromatic nitrogens is 4. The van der Waals surface area contributed by atoms with Gasteiger partial charge in [-0.2, -0.15) is 5.10 Å². The summed E-state index contributed by atoms with van der Waals surface area (Å²) in [5.41, 5.74) is 8.31. The maximum atomic E-state index is 14.0. The molecule has 386 valence electrons. The zero-order valence-corrected chi connectivity index (χ0v) is 42.8. The number of thiazole rings is 1. The lowest BCUT2D eigenvalue weighted by Gasteiger charge is -2.35. The molecule has 0 aliphatic carbocycles. The fourth-order valence-electron chi connectivity index (χ4n) is 9.45. The Morgan fingerprint density at radius 2 is 1.70 bits per heavy atom. The van der Waals surface area contributed by atoms with Gasteiger partial charge in [-0.1, -0.05) is 75.4 Å². The summed E-state index contributed by atoms with van der Waals surface area (Å²) in [4.78, 5) is 80.1. The first-order chi connectivity index (χ1) is 35.7. The van der Waals surface area contributed by atoms with Crippen LogP contribution in [0.25, 0.3) is 49.8 Å². The first-order valence-electron chi connectivity index (χ1n) is 25.0. The number of nitrogens with zero attached hydrogens (tertiary/aromatic N) is 6. The number of benzene rings is 3. The molecule has 4 aromatic heterocycles. The van der Waals surface area contributed by atoms with E-state index in [4.69, 9.17) is 14.3 Å². The van der Waals surface area contributed by atoms with Crippen LogP contribution < -0.4 is 21.3 Å². The molecule has 0 saturated carbocycles. The van der Waals surface area contributed by atoms with E-state index in [-0.39, 0.29) is 63.0 Å². The lowest BCUT2D eigenvalue weighted by atomic mass is 9.85. The van der Waals surface area contributed by atoms with Gasteiger partial charge in [0.1, 0.15) is 30.0 Å². The van der Waals surface area contributed by atoms with Crippen molar-refractivity contribution in [3.05, 3.63) is 120 Å². The van der Waals surface area contributed by atoms with E-state index in [9.17, 15) is 29.1 Å². The number of carbonyl (C=O) groups excluding carboxylic acids is 5. The Kier molecular flexibility index (Phi) is 15.9. The second-order valence-electron chi connectivity index (χ2n) is 20.0. The number of piperidine rings is 1. The molecule has 2 fully saturated rings. The van der Waals surface area contributed by atoms with Crippen LogP contribution >= 0.6 is 11.3 Å². The molecule has 5 N–H and O–H groups in total. The summed E-state index contributed by atoms with van der Waals surface area (Å²) in [6.07, 6.45) is 3.01. The monoisotopic (exact) mass is 1020 g/mol. The van der Waals surface area contributed by atoms with Gasteiger partial charge >= 0.3 is 0 Å². The first kappa shape index (κ1) is 51.6. The minimum Gasteiger partial charge on any atom is -0.454 e. The van der Waals surface area contributed by atoms with Gasteiger partial charge in [0.05, 0.1) is 40.6 Å². The molecule has 2 aliphatic rings. The van der Waals surface area contributed by atoms with E-state index in [1.54, 1.807) is 22.0 Å². The molecule has 18 nitrogen and oxygen atoms in total. The van der Waals surface area contributed by atoms with Crippen molar-refractivity contribution >= 4 is 57.5 Å². The number of aliphatic hydroxyl groups excluding tert-OH is 1. The number of fused-ring (bicyclic) bond motifs is 2. The van der Waals surface area contributed by atoms with Crippen molar-refractivity contribution in [2.75, 3.05) is 45.9 Å². The Hall–Kier alpha value is -7.32. The summed E-state index contributed by atoms with van der Waals surface area (Å²) in [5.74, 6) is -0.958. The quantitative estimate of drug-likeness (QED) is 0.0647. The van der Waals surface area contributed by atoms with Crippen molar-refractivity contribution < 1.29 is 38.2 Å². The zero-order valence-electron chi connectivity index (χ0n) is 42.0. The van der Waals surface area contributed by atoms with Crippen LogP contribution in [-0.2, 0) is 30.5 Å². The maximum absolute atomic E-state index is 14.0. The van der Waals surface area contributed by atoms with Crippen molar-refractivity contribution in [1.82, 2.24) is 50.6 Å². The third kappa shape index (κ3) is 12.2. The number of hydrogen-bond acceptors (Lipinski definition) is 13. The van der Waals surface area contributed by atoms with Crippen molar-refractivity contribution in [2.24, 2.45) is 5.41 Å². The molecule has 7 aromatic rings. The second-order valence-corrected chi connectivity index (χ2v) is 20.9. The summed E-state index contributed by atoms with van der Waals surface area (Å²) >= 11 is 1.57. The Bertz CT molecular complexity index is 3090. The van der Waals surface area contributed by atoms with E-state index < -0.39 is 35.4 Å². The molecular formula is C55H62N10O8S. The highest BCUT2D eigenvalue weighted by molar-refractivity contribution is 7.13. The van der Waals surface area contributed by atoms with E-state index in [0.29, 0.717) is 43.0 Å². The van der Waals surface area contributed by atoms with Crippen LogP contribution in [0, 0.1) is 12.3 Å². The summed E-state index contributed by atoms with van der Waals surface area (Å²) in [6, 6.07) is 26.9. The highest BCUT2D eigenvalue weighted by Crippen LogP contribution is 2.31. The van der Waals surface area contributed by atoms with Crippen molar-refractivity contribution in [1.29, 1.82) is 0 Å². The molecule has 0 bridgehead atoms. The number of β-amino-alcohol motifs (C(OH)–C–C–N with tert-alkyl or cyclic N) is 1. The normalized spacial score (nSPS) is 17.4. The van der Waals surface area contributed by atoms with Gasteiger partial charge in [-0.05, 0) is 79.1 Å². The molecule has 9 rings (SSSR count). The average molecular weight is 1020 g/mol. The van der Waals surface area contributed by atoms with Crippen LogP contribution in [0.15, 0.2) is 107 Å². The summed E-state index contributed by atoms with van der Waals surface area (Å²) in [5, 5.41) is 28.3. The van der Waals surface area contributed by atoms with Crippen LogP contribution in [0.5, 0.6) is 0 Å². The van der Waals surface area contributed by atoms with Gasteiger partial charge in [-0.3, -0.25) is 24.0 Å². The SMILES string of the molecule is Cc1ncsc1-c1ccc(CNC(=O)[C@@H]2C[C@@H](O)CN2C(=O)[C@@H](NC(=O)COCCCNC(=O)CN[C@H]2CCCN(C(=O)c3ccc(-c4ccc5ncc(-c6cc7ccccc7o6)n5n4)cc3)C2)C(C)(C)C)cc1. The fraction of sp³-hybridized carbons (Fsp3) is 0.382. The van der Waals surface area contributed by atoms with E-state index in [0.717, 1.165) is 62.5 Å². The van der Waals surface area contributed by atoms with Gasteiger partial charge in [0.25, 0.3) is 5.91 Å². The number of hydrogen-bond donors (Lipinski definition) is 5. The third-order valence-corrected chi connectivity index (χ3v) is 14.4. The van der Waals surface area contributed by atoms with E-state index >= 15 is 0 Å². The Morgan fingerprint density at radius 1 is 0.919 bits per heavy atom. The number of rotatable bonds is 18. The predicted molar refractivity (Wildman–Crippen MR) is 281 cm³/mol. The van der Waals surface area contributed by atoms with Crippen LogP contribution in [0.1, 0.15) is 68.1 Å². The molecule has 74 heavy (non-hydrogen) atoms. The molecule has 0 unspecified atom stereocenters. The fourth-order valence-corrected chi connectivity index (χ4v) is 10.3. The molecule has 0 radical (unpaired) electrons. The molecular weight excluding hydrogens is 961 g/mol. The minimum absolute atomic E-state index is 0.0337. The van der Waals surface area contributed by atoms with Gasteiger partial charge < -0.3 is 45.3 Å². The highest BCUT2D eigenvalue weighted by atomic mass is 32.1. The van der Waals surface area contributed by atoms with Crippen molar-refractivity contribution in [2.45, 2.75) is 84.2 Å². The number of para-hydroxylation sites is 1.